The van der Waals surface area contributed by atoms with Gasteiger partial charge < -0.3 is 19.5 Å². The van der Waals surface area contributed by atoms with Crippen LogP contribution in [0.5, 0.6) is 0 Å². The van der Waals surface area contributed by atoms with Gasteiger partial charge in [0.2, 0.25) is 0 Å². The van der Waals surface area contributed by atoms with Crippen LogP contribution in [-0.4, -0.2) is 45.8 Å². The van der Waals surface area contributed by atoms with E-state index in [4.69, 9.17) is 21.9 Å². The second-order valence-electron chi connectivity index (χ2n) is 9.58. The van der Waals surface area contributed by atoms with Crippen LogP contribution >= 0.6 is 12.2 Å². The number of aryl methyl sites for hydroxylation is 1. The van der Waals surface area contributed by atoms with E-state index in [2.05, 4.69) is 51.3 Å². The van der Waals surface area contributed by atoms with E-state index in [9.17, 15) is 0 Å². The number of likely N-dealkylation sites (tertiary alicyclic amines) is 1. The number of benzene rings is 1. The van der Waals surface area contributed by atoms with Gasteiger partial charge in [-0.1, -0.05) is 42.0 Å². The summed E-state index contributed by atoms with van der Waals surface area (Å²) in [5.74, 6) is 1.77. The lowest BCUT2D eigenvalue weighted by molar-refractivity contribution is 0.116. The molecule has 0 unspecified atom stereocenters. The molecule has 1 saturated heterocycles. The smallest absolute Gasteiger partial charge is 0.168 e. The Labute approximate surface area is 210 Å². The summed E-state index contributed by atoms with van der Waals surface area (Å²) >= 11 is 5.69. The number of imidazole rings is 1. The first-order valence-electron chi connectivity index (χ1n) is 13.1. The largest absolute Gasteiger partial charge is 0.377 e. The van der Waals surface area contributed by atoms with Gasteiger partial charge in [-0.15, -0.1) is 0 Å². The molecule has 1 aromatic carbocycles. The summed E-state index contributed by atoms with van der Waals surface area (Å²) in [4.78, 5) is 7.07. The maximum Gasteiger partial charge on any atom is 0.168 e. The maximum absolute atomic E-state index is 5.83. The summed E-state index contributed by atoms with van der Waals surface area (Å²) in [5.41, 5.74) is 2.84. The molecule has 1 aliphatic heterocycles. The molecule has 0 atom stereocenters. The van der Waals surface area contributed by atoms with Crippen LogP contribution in [0.15, 0.2) is 54.4 Å². The molecule has 4 rings (SSSR count). The van der Waals surface area contributed by atoms with Gasteiger partial charge in [-0.05, 0) is 75.6 Å². The maximum atomic E-state index is 5.83. The monoisotopic (exact) mass is 480 g/mol. The fourth-order valence-corrected chi connectivity index (χ4v) is 5.32. The summed E-state index contributed by atoms with van der Waals surface area (Å²) in [6, 6.07) is 10.4. The highest BCUT2D eigenvalue weighted by Crippen LogP contribution is 2.27. The Morgan fingerprint density at radius 1 is 1.12 bits per heavy atom. The van der Waals surface area contributed by atoms with Gasteiger partial charge >= 0.3 is 0 Å². The van der Waals surface area contributed by atoms with Crippen molar-refractivity contribution in [3.05, 3.63) is 65.8 Å². The number of hydrogen-bond acceptors (Lipinski definition) is 3. The molecule has 1 aromatic heterocycles. The lowest BCUT2D eigenvalue weighted by Gasteiger charge is -2.34. The molecule has 2 aliphatic rings. The number of unbranched alkanes of at least 4 members (excludes halogenated alkanes) is 1. The molecule has 0 spiro atoms. The van der Waals surface area contributed by atoms with Gasteiger partial charge in [0.15, 0.2) is 5.11 Å². The third kappa shape index (κ3) is 7.67. The fraction of sp³-hybridized carbons (Fsp3) is 0.571. The number of allylic oxidation sites excluding steroid dienone is 1. The lowest BCUT2D eigenvalue weighted by atomic mass is 9.96. The van der Waals surface area contributed by atoms with Crippen LogP contribution < -0.4 is 5.32 Å². The van der Waals surface area contributed by atoms with E-state index in [1.165, 1.54) is 37.1 Å². The van der Waals surface area contributed by atoms with E-state index in [0.717, 1.165) is 70.0 Å². The minimum absolute atomic E-state index is 0.524. The summed E-state index contributed by atoms with van der Waals surface area (Å²) in [6.07, 6.45) is 17.3. The van der Waals surface area contributed by atoms with Crippen LogP contribution in [0.25, 0.3) is 0 Å². The number of aromatic nitrogens is 2. The summed E-state index contributed by atoms with van der Waals surface area (Å²) in [6.45, 7) is 5.51. The number of nitrogens with zero attached hydrogens (tertiary/aromatic N) is 3. The Morgan fingerprint density at radius 3 is 2.76 bits per heavy atom. The van der Waals surface area contributed by atoms with Crippen molar-refractivity contribution >= 4 is 17.3 Å². The zero-order chi connectivity index (χ0) is 23.4. The lowest BCUT2D eigenvalue weighted by Crippen LogP contribution is -2.44. The number of thiocarbonyl (C=S) groups is 1. The minimum Gasteiger partial charge on any atom is -0.377 e. The molecule has 184 valence electrons. The van der Waals surface area contributed by atoms with Gasteiger partial charge in [-0.3, -0.25) is 0 Å². The Morgan fingerprint density at radius 2 is 1.97 bits per heavy atom. The van der Waals surface area contributed by atoms with Crippen molar-refractivity contribution in [1.82, 2.24) is 19.8 Å². The van der Waals surface area contributed by atoms with Gasteiger partial charge in [0.05, 0.1) is 6.61 Å². The predicted octanol–water partition coefficient (Wildman–Crippen LogP) is 5.82. The van der Waals surface area contributed by atoms with Crippen LogP contribution in [0.2, 0.25) is 0 Å². The molecule has 34 heavy (non-hydrogen) atoms. The molecule has 1 fully saturated rings. The SMILES string of the molecule is S=C(NCCC1=CCCCC1)N1CCC(c2nccn2CCCCOCc2ccccc2)CC1. The standard InChI is InChI=1S/C28H40N4OS/c34-28(30-16-13-24-9-3-1-4-10-24)32-19-14-26(15-20-32)27-29-17-21-31(27)18-7-8-22-33-23-25-11-5-2-6-12-25/h2,5-6,9,11-12,17,21,26H,1,3-4,7-8,10,13-16,18-20,22-23H2,(H,30,34). The average Bonchev–Trinajstić information content (AvgIpc) is 3.36. The van der Waals surface area contributed by atoms with E-state index in [1.54, 1.807) is 5.57 Å². The van der Waals surface area contributed by atoms with Crippen molar-refractivity contribution in [3.63, 3.8) is 0 Å². The first-order valence-corrected chi connectivity index (χ1v) is 13.5. The van der Waals surface area contributed by atoms with Gasteiger partial charge in [0, 0.05) is 51.1 Å². The Kier molecular flexibility index (Phi) is 10.0. The molecule has 0 saturated carbocycles. The van der Waals surface area contributed by atoms with Crippen LogP contribution in [0.4, 0.5) is 0 Å². The highest BCUT2D eigenvalue weighted by atomic mass is 32.1. The molecule has 0 radical (unpaired) electrons. The van der Waals surface area contributed by atoms with Gasteiger partial charge in [0.1, 0.15) is 5.82 Å². The van der Waals surface area contributed by atoms with Crippen molar-refractivity contribution in [3.8, 4) is 0 Å². The van der Waals surface area contributed by atoms with Crippen LogP contribution in [0.1, 0.15) is 75.1 Å². The topological polar surface area (TPSA) is 42.3 Å². The molecule has 1 aliphatic carbocycles. The van der Waals surface area contributed by atoms with E-state index >= 15 is 0 Å². The fourth-order valence-electron chi connectivity index (χ4n) is 5.03. The van der Waals surface area contributed by atoms with Gasteiger partial charge in [-0.2, -0.15) is 0 Å². The zero-order valence-corrected chi connectivity index (χ0v) is 21.3. The zero-order valence-electron chi connectivity index (χ0n) is 20.5. The molecular weight excluding hydrogens is 440 g/mol. The third-order valence-electron chi connectivity index (χ3n) is 7.05. The van der Waals surface area contributed by atoms with E-state index < -0.39 is 0 Å². The number of hydrogen-bond donors (Lipinski definition) is 1. The summed E-state index contributed by atoms with van der Waals surface area (Å²) < 4.78 is 8.18. The number of ether oxygens (including phenoxy) is 1. The van der Waals surface area contributed by atoms with Crippen molar-refractivity contribution in [2.24, 2.45) is 0 Å². The van der Waals surface area contributed by atoms with Crippen molar-refractivity contribution in [2.75, 3.05) is 26.2 Å². The van der Waals surface area contributed by atoms with Crippen LogP contribution in [0, 0.1) is 0 Å². The van der Waals surface area contributed by atoms with Crippen molar-refractivity contribution < 1.29 is 4.74 Å². The molecule has 2 heterocycles. The quantitative estimate of drug-likeness (QED) is 0.249. The van der Waals surface area contributed by atoms with Gasteiger partial charge in [0.25, 0.3) is 0 Å². The van der Waals surface area contributed by atoms with E-state index in [-0.39, 0.29) is 0 Å². The first-order chi connectivity index (χ1) is 16.8. The van der Waals surface area contributed by atoms with Crippen molar-refractivity contribution in [1.29, 1.82) is 0 Å². The highest BCUT2D eigenvalue weighted by molar-refractivity contribution is 7.80. The summed E-state index contributed by atoms with van der Waals surface area (Å²) in [5, 5.41) is 4.42. The van der Waals surface area contributed by atoms with Crippen LogP contribution in [-0.2, 0) is 17.9 Å². The van der Waals surface area contributed by atoms with Gasteiger partial charge in [-0.25, -0.2) is 4.98 Å². The molecule has 6 heteroatoms. The van der Waals surface area contributed by atoms with E-state index in [0.29, 0.717) is 12.5 Å². The molecular formula is C28H40N4OS. The third-order valence-corrected chi connectivity index (χ3v) is 7.45. The first kappa shape index (κ1) is 24.9. The second-order valence-corrected chi connectivity index (χ2v) is 9.96. The Bertz CT molecular complexity index is 902. The number of nitrogens with one attached hydrogen (secondary N) is 1. The molecule has 5 nitrogen and oxygen atoms in total. The Hall–Kier alpha value is -2.18. The number of piperidine rings is 1. The molecule has 2 aromatic rings. The average molecular weight is 481 g/mol. The van der Waals surface area contributed by atoms with Crippen LogP contribution in [0.3, 0.4) is 0 Å². The molecule has 1 N–H and O–H groups in total. The second kappa shape index (κ2) is 13.6. The number of rotatable bonds is 11. The minimum atomic E-state index is 0.524. The Balaban J connectivity index is 1.12. The predicted molar refractivity (Wildman–Crippen MR) is 143 cm³/mol. The van der Waals surface area contributed by atoms with Crippen molar-refractivity contribution in [2.45, 2.75) is 76.9 Å². The molecule has 0 bridgehead atoms. The van der Waals surface area contributed by atoms with E-state index in [1.807, 2.05) is 12.3 Å². The normalized spacial score (nSPS) is 16.9. The summed E-state index contributed by atoms with van der Waals surface area (Å²) in [7, 11) is 0. The molecule has 0 amide bonds. The highest BCUT2D eigenvalue weighted by Gasteiger charge is 2.25.